The van der Waals surface area contributed by atoms with Gasteiger partial charge in [-0.15, -0.1) is 0 Å². The molecule has 1 saturated carbocycles. The molecule has 3 aromatic rings. The summed E-state index contributed by atoms with van der Waals surface area (Å²) in [6.45, 7) is 7.40. The molecule has 0 amide bonds. The van der Waals surface area contributed by atoms with Gasteiger partial charge in [-0.2, -0.15) is 5.26 Å². The fraction of sp³-hybridized carbons (Fsp3) is 0.448. The molecule has 2 aliphatic rings. The number of hydrogen-bond donors (Lipinski definition) is 0. The van der Waals surface area contributed by atoms with Gasteiger partial charge < -0.3 is 14.5 Å². The highest BCUT2D eigenvalue weighted by Crippen LogP contribution is 2.31. The van der Waals surface area contributed by atoms with Gasteiger partial charge in [0, 0.05) is 31.9 Å². The summed E-state index contributed by atoms with van der Waals surface area (Å²) in [5.41, 5.74) is 5.67. The largest absolute Gasteiger partial charge is 0.461 e. The van der Waals surface area contributed by atoms with E-state index in [1.807, 2.05) is 24.3 Å². The van der Waals surface area contributed by atoms with Crippen molar-refractivity contribution in [3.05, 3.63) is 59.3 Å². The van der Waals surface area contributed by atoms with Crippen molar-refractivity contribution in [3.8, 4) is 6.07 Å². The maximum Gasteiger partial charge on any atom is 0.329 e. The summed E-state index contributed by atoms with van der Waals surface area (Å²) in [6.07, 6.45) is 4.90. The number of fused-ring (bicyclic) bond motifs is 1. The van der Waals surface area contributed by atoms with E-state index in [-0.39, 0.29) is 6.10 Å². The molecule has 2 fully saturated rings. The number of nitriles is 1. The number of nitrogens with zero attached hydrogens (tertiary/aromatic N) is 5. The van der Waals surface area contributed by atoms with Crippen LogP contribution in [0.2, 0.25) is 0 Å². The third-order valence-electron chi connectivity index (χ3n) is 7.55. The first-order chi connectivity index (χ1) is 17.5. The maximum absolute atomic E-state index is 13.2. The van der Waals surface area contributed by atoms with Crippen LogP contribution in [0.25, 0.3) is 11.0 Å². The number of ether oxygens (including phenoxy) is 1. The Morgan fingerprint density at radius 1 is 0.944 bits per heavy atom. The van der Waals surface area contributed by atoms with Crippen molar-refractivity contribution in [2.45, 2.75) is 58.0 Å². The van der Waals surface area contributed by atoms with Crippen molar-refractivity contribution in [1.82, 2.24) is 9.97 Å². The number of aryl methyl sites for hydroxylation is 1. The molecule has 0 N–H and O–H groups in total. The molecule has 7 nitrogen and oxygen atoms in total. The van der Waals surface area contributed by atoms with Crippen LogP contribution in [0.5, 0.6) is 0 Å². The Kier molecular flexibility index (Phi) is 7.04. The molecule has 0 radical (unpaired) electrons. The Balaban J connectivity index is 1.43. The van der Waals surface area contributed by atoms with Crippen LogP contribution in [0, 0.1) is 25.2 Å². The standard InChI is InChI=1S/C29H33N5O2/c1-20-9-8-14-26(21(20)2)33-15-17-34(18-16-33)28-27(31-24-12-6-7-13-25(24)32-28)23(19-30)29(35)36-22-10-4-3-5-11-22/h6-9,12-14,22-23H,3-5,10-11,15-18H2,1-2H3/t23-/m0/s1. The number of anilines is 2. The summed E-state index contributed by atoms with van der Waals surface area (Å²) in [7, 11) is 0. The molecule has 0 spiro atoms. The molecule has 186 valence electrons. The smallest absolute Gasteiger partial charge is 0.329 e. The van der Waals surface area contributed by atoms with E-state index in [1.54, 1.807) is 0 Å². The third kappa shape index (κ3) is 4.86. The summed E-state index contributed by atoms with van der Waals surface area (Å²) >= 11 is 0. The second kappa shape index (κ2) is 10.5. The van der Waals surface area contributed by atoms with Crippen LogP contribution in [-0.2, 0) is 9.53 Å². The molecular formula is C29H33N5O2. The van der Waals surface area contributed by atoms with Gasteiger partial charge in [-0.1, -0.05) is 30.7 Å². The lowest BCUT2D eigenvalue weighted by atomic mass is 9.97. The number of hydrogen-bond acceptors (Lipinski definition) is 7. The maximum atomic E-state index is 13.2. The van der Waals surface area contributed by atoms with Crippen LogP contribution < -0.4 is 9.80 Å². The molecule has 1 aliphatic carbocycles. The first kappa shape index (κ1) is 24.1. The van der Waals surface area contributed by atoms with Gasteiger partial charge in [0.15, 0.2) is 11.7 Å². The molecule has 0 bridgehead atoms. The molecule has 7 heteroatoms. The molecule has 2 heterocycles. The van der Waals surface area contributed by atoms with Gasteiger partial charge in [0.1, 0.15) is 11.8 Å². The van der Waals surface area contributed by atoms with Gasteiger partial charge in [0.2, 0.25) is 0 Å². The van der Waals surface area contributed by atoms with Gasteiger partial charge in [0.05, 0.1) is 17.1 Å². The third-order valence-corrected chi connectivity index (χ3v) is 7.55. The van der Waals surface area contributed by atoms with E-state index < -0.39 is 11.9 Å². The number of carbonyl (C=O) groups is 1. The Labute approximate surface area is 212 Å². The van der Waals surface area contributed by atoms with Gasteiger partial charge >= 0.3 is 5.97 Å². The average molecular weight is 484 g/mol. The summed E-state index contributed by atoms with van der Waals surface area (Å²) in [5.74, 6) is -0.998. The molecular weight excluding hydrogens is 450 g/mol. The fourth-order valence-electron chi connectivity index (χ4n) is 5.31. The first-order valence-electron chi connectivity index (χ1n) is 13.0. The fourth-order valence-corrected chi connectivity index (χ4v) is 5.31. The summed E-state index contributed by atoms with van der Waals surface area (Å²) < 4.78 is 5.80. The van der Waals surface area contributed by atoms with Crippen molar-refractivity contribution in [1.29, 1.82) is 5.26 Å². The lowest BCUT2D eigenvalue weighted by molar-refractivity contribution is -0.150. The zero-order chi connectivity index (χ0) is 25.1. The number of carbonyl (C=O) groups excluding carboxylic acids is 1. The van der Waals surface area contributed by atoms with Crippen LogP contribution in [0.3, 0.4) is 0 Å². The van der Waals surface area contributed by atoms with Gasteiger partial charge in [-0.3, -0.25) is 4.79 Å². The monoisotopic (exact) mass is 483 g/mol. The zero-order valence-corrected chi connectivity index (χ0v) is 21.1. The van der Waals surface area contributed by atoms with Crippen LogP contribution in [0.1, 0.15) is 54.8 Å². The second-order valence-electron chi connectivity index (χ2n) is 9.87. The van der Waals surface area contributed by atoms with E-state index in [1.165, 1.54) is 23.2 Å². The minimum absolute atomic E-state index is 0.111. The van der Waals surface area contributed by atoms with Gasteiger partial charge in [-0.05, 0) is 68.9 Å². The van der Waals surface area contributed by atoms with E-state index in [2.05, 4.69) is 47.9 Å². The highest BCUT2D eigenvalue weighted by molar-refractivity contribution is 5.85. The van der Waals surface area contributed by atoms with Crippen molar-refractivity contribution < 1.29 is 9.53 Å². The Hall–Kier alpha value is -3.66. The molecule has 36 heavy (non-hydrogen) atoms. The predicted molar refractivity (Wildman–Crippen MR) is 141 cm³/mol. The number of rotatable bonds is 5. The first-order valence-corrected chi connectivity index (χ1v) is 13.0. The van der Waals surface area contributed by atoms with Gasteiger partial charge in [0.25, 0.3) is 0 Å². The topological polar surface area (TPSA) is 82.4 Å². The van der Waals surface area contributed by atoms with E-state index in [4.69, 9.17) is 14.7 Å². The predicted octanol–water partition coefficient (Wildman–Crippen LogP) is 5.06. The number of piperazine rings is 1. The van der Waals surface area contributed by atoms with E-state index in [9.17, 15) is 10.1 Å². The summed E-state index contributed by atoms with van der Waals surface area (Å²) in [4.78, 5) is 27.4. The lowest BCUT2D eigenvalue weighted by Gasteiger charge is -2.38. The minimum Gasteiger partial charge on any atom is -0.461 e. The average Bonchev–Trinajstić information content (AvgIpc) is 2.91. The Bertz CT molecular complexity index is 1290. The second-order valence-corrected chi connectivity index (χ2v) is 9.87. The lowest BCUT2D eigenvalue weighted by Crippen LogP contribution is -2.47. The van der Waals surface area contributed by atoms with Crippen molar-refractivity contribution in [3.63, 3.8) is 0 Å². The minimum atomic E-state index is -1.10. The quantitative estimate of drug-likeness (QED) is 0.469. The SMILES string of the molecule is Cc1cccc(N2CCN(c3nc4ccccc4nc3[C@H](C#N)C(=O)OC3CCCCC3)CC2)c1C. The van der Waals surface area contributed by atoms with Crippen molar-refractivity contribution in [2.24, 2.45) is 0 Å². The summed E-state index contributed by atoms with van der Waals surface area (Å²) in [6, 6.07) is 16.2. The number of aromatic nitrogens is 2. The molecule has 2 aromatic carbocycles. The van der Waals surface area contributed by atoms with Crippen molar-refractivity contribution in [2.75, 3.05) is 36.0 Å². The molecule has 1 aliphatic heterocycles. The van der Waals surface area contributed by atoms with Crippen LogP contribution in [0.4, 0.5) is 11.5 Å². The normalized spacial score (nSPS) is 17.6. The number of benzene rings is 2. The van der Waals surface area contributed by atoms with E-state index in [0.717, 1.165) is 57.4 Å². The molecule has 1 saturated heterocycles. The highest BCUT2D eigenvalue weighted by Gasteiger charge is 2.33. The molecule has 1 atom stereocenters. The van der Waals surface area contributed by atoms with Crippen LogP contribution >= 0.6 is 0 Å². The van der Waals surface area contributed by atoms with E-state index in [0.29, 0.717) is 17.0 Å². The Morgan fingerprint density at radius 2 is 1.61 bits per heavy atom. The Morgan fingerprint density at radius 3 is 2.31 bits per heavy atom. The zero-order valence-electron chi connectivity index (χ0n) is 21.1. The van der Waals surface area contributed by atoms with Crippen molar-refractivity contribution >= 4 is 28.5 Å². The van der Waals surface area contributed by atoms with Crippen LogP contribution in [0.15, 0.2) is 42.5 Å². The number of para-hydroxylation sites is 2. The molecule has 1 aromatic heterocycles. The molecule has 5 rings (SSSR count). The van der Waals surface area contributed by atoms with Gasteiger partial charge in [-0.25, -0.2) is 9.97 Å². The van der Waals surface area contributed by atoms with E-state index >= 15 is 0 Å². The highest BCUT2D eigenvalue weighted by atomic mass is 16.5. The number of esters is 1. The van der Waals surface area contributed by atoms with Crippen LogP contribution in [-0.4, -0.2) is 48.2 Å². The molecule has 0 unspecified atom stereocenters. The summed E-state index contributed by atoms with van der Waals surface area (Å²) in [5, 5.41) is 10.1.